The normalized spacial score (nSPS) is 21.9. The molecule has 1 atom stereocenters. The minimum Gasteiger partial charge on any atom is -0.497 e. The van der Waals surface area contributed by atoms with Crippen molar-refractivity contribution in [3.63, 3.8) is 0 Å². The zero-order valence-corrected chi connectivity index (χ0v) is 10.8. The molecule has 0 aromatic heterocycles. The Balaban J connectivity index is 2.16. The molecule has 1 aromatic rings. The number of benzene rings is 1. The van der Waals surface area contributed by atoms with Gasteiger partial charge in [-0.05, 0) is 31.5 Å². The van der Waals surface area contributed by atoms with Gasteiger partial charge in [0.1, 0.15) is 5.75 Å². The van der Waals surface area contributed by atoms with E-state index < -0.39 is 11.8 Å². The maximum Gasteiger partial charge on any atom is 0.320 e. The molecule has 1 fully saturated rings. The fraction of sp³-hybridized carbons (Fsp3) is 0.462. The number of nitrogens with zero attached hydrogens (tertiary/aromatic N) is 1. The van der Waals surface area contributed by atoms with E-state index in [9.17, 15) is 9.90 Å². The molecule has 0 saturated carbocycles. The van der Waals surface area contributed by atoms with Crippen LogP contribution in [0.1, 0.15) is 19.4 Å². The summed E-state index contributed by atoms with van der Waals surface area (Å²) in [5, 5.41) is 12.8. The van der Waals surface area contributed by atoms with Gasteiger partial charge >= 0.3 is 6.03 Å². The first-order valence-electron chi connectivity index (χ1n) is 5.84. The lowest BCUT2D eigenvalue weighted by Crippen LogP contribution is -2.44. The zero-order valence-electron chi connectivity index (χ0n) is 10.8. The summed E-state index contributed by atoms with van der Waals surface area (Å²) in [6, 6.07) is 7.20. The van der Waals surface area contributed by atoms with Crippen LogP contribution in [0, 0.1) is 0 Å². The first-order chi connectivity index (χ1) is 8.44. The third-order valence-electron chi connectivity index (χ3n) is 3.12. The van der Waals surface area contributed by atoms with Crippen LogP contribution in [0.4, 0.5) is 4.79 Å². The minimum atomic E-state index is -0.837. The van der Waals surface area contributed by atoms with E-state index >= 15 is 0 Å². The number of carbonyl (C=O) groups excluding carboxylic acids is 1. The zero-order chi connectivity index (χ0) is 13.3. The van der Waals surface area contributed by atoms with Crippen LogP contribution in [-0.2, 0) is 6.54 Å². The quantitative estimate of drug-likeness (QED) is 0.850. The maximum atomic E-state index is 11.8. The van der Waals surface area contributed by atoms with Gasteiger partial charge in [0.15, 0.2) is 6.23 Å². The highest BCUT2D eigenvalue weighted by atomic mass is 16.5. The highest BCUT2D eigenvalue weighted by Gasteiger charge is 2.43. The molecule has 1 aliphatic rings. The molecule has 0 aliphatic carbocycles. The number of amides is 2. The van der Waals surface area contributed by atoms with Gasteiger partial charge in [-0.2, -0.15) is 0 Å². The molecule has 1 aromatic carbocycles. The van der Waals surface area contributed by atoms with Crippen molar-refractivity contribution in [3.05, 3.63) is 29.8 Å². The van der Waals surface area contributed by atoms with Crippen LogP contribution in [0.25, 0.3) is 0 Å². The number of rotatable bonds is 3. The topological polar surface area (TPSA) is 61.8 Å². The van der Waals surface area contributed by atoms with Gasteiger partial charge in [0.2, 0.25) is 0 Å². The van der Waals surface area contributed by atoms with Crippen LogP contribution >= 0.6 is 0 Å². The summed E-state index contributed by atoms with van der Waals surface area (Å²) >= 11 is 0. The summed E-state index contributed by atoms with van der Waals surface area (Å²) in [7, 11) is 1.60. The molecule has 2 rings (SSSR count). The number of carbonyl (C=O) groups is 1. The van der Waals surface area contributed by atoms with E-state index in [-0.39, 0.29) is 6.03 Å². The molecule has 1 heterocycles. The summed E-state index contributed by atoms with van der Waals surface area (Å²) in [5.74, 6) is 0.737. The molecule has 0 unspecified atom stereocenters. The van der Waals surface area contributed by atoms with Gasteiger partial charge in [0.05, 0.1) is 19.2 Å². The number of ether oxygens (including phenoxy) is 1. The van der Waals surface area contributed by atoms with Crippen molar-refractivity contribution in [2.45, 2.75) is 32.2 Å². The van der Waals surface area contributed by atoms with E-state index in [4.69, 9.17) is 4.74 Å². The highest BCUT2D eigenvalue weighted by Crippen LogP contribution is 2.24. The number of methoxy groups -OCH3 is 1. The Morgan fingerprint density at radius 3 is 2.78 bits per heavy atom. The maximum absolute atomic E-state index is 11.8. The number of aliphatic hydroxyl groups is 1. The predicted octanol–water partition coefficient (Wildman–Crippen LogP) is 1.32. The monoisotopic (exact) mass is 250 g/mol. The Hall–Kier alpha value is -1.75. The first kappa shape index (κ1) is 12.7. The summed E-state index contributed by atoms with van der Waals surface area (Å²) < 4.78 is 5.13. The Morgan fingerprint density at radius 2 is 2.22 bits per heavy atom. The van der Waals surface area contributed by atoms with Crippen molar-refractivity contribution in [1.82, 2.24) is 10.2 Å². The largest absolute Gasteiger partial charge is 0.497 e. The Kier molecular flexibility index (Phi) is 3.17. The Bertz CT molecular complexity index is 459. The summed E-state index contributed by atoms with van der Waals surface area (Å²) in [6.45, 7) is 3.94. The van der Waals surface area contributed by atoms with Crippen molar-refractivity contribution in [1.29, 1.82) is 0 Å². The third kappa shape index (κ3) is 2.26. The Morgan fingerprint density at radius 1 is 1.50 bits per heavy atom. The van der Waals surface area contributed by atoms with Crippen LogP contribution in [-0.4, -0.2) is 34.9 Å². The smallest absolute Gasteiger partial charge is 0.320 e. The van der Waals surface area contributed by atoms with Crippen molar-refractivity contribution >= 4 is 6.03 Å². The minimum absolute atomic E-state index is 0.254. The van der Waals surface area contributed by atoms with Gasteiger partial charge in [-0.1, -0.05) is 12.1 Å². The van der Waals surface area contributed by atoms with Crippen molar-refractivity contribution < 1.29 is 14.6 Å². The fourth-order valence-electron chi connectivity index (χ4n) is 2.04. The van der Waals surface area contributed by atoms with Gasteiger partial charge in [-0.25, -0.2) is 4.79 Å². The molecule has 1 aliphatic heterocycles. The number of nitrogens with one attached hydrogen (secondary N) is 1. The molecule has 0 spiro atoms. The fourth-order valence-corrected chi connectivity index (χ4v) is 2.04. The molecule has 2 N–H and O–H groups in total. The number of aliphatic hydroxyl groups excluding tert-OH is 1. The second kappa shape index (κ2) is 4.49. The molecule has 5 nitrogen and oxygen atoms in total. The lowest BCUT2D eigenvalue weighted by Gasteiger charge is -2.25. The molecular formula is C13H18N2O3. The van der Waals surface area contributed by atoms with E-state index in [1.165, 1.54) is 4.90 Å². The lowest BCUT2D eigenvalue weighted by atomic mass is 10.1. The second-order valence-corrected chi connectivity index (χ2v) is 5.00. The molecular weight excluding hydrogens is 232 g/mol. The van der Waals surface area contributed by atoms with Crippen molar-refractivity contribution in [3.8, 4) is 5.75 Å². The summed E-state index contributed by atoms with van der Waals surface area (Å²) in [4.78, 5) is 13.2. The van der Waals surface area contributed by atoms with Crippen molar-refractivity contribution in [2.75, 3.05) is 7.11 Å². The van der Waals surface area contributed by atoms with Gasteiger partial charge in [0.25, 0.3) is 0 Å². The SMILES string of the molecule is COc1cccc(CN2C(=O)NC(C)(C)[C@@H]2O)c1. The average Bonchev–Trinajstić information content (AvgIpc) is 2.52. The van der Waals surface area contributed by atoms with Gasteiger partial charge in [-0.15, -0.1) is 0 Å². The van der Waals surface area contributed by atoms with Gasteiger partial charge < -0.3 is 15.2 Å². The van der Waals surface area contributed by atoms with Crippen LogP contribution in [0.15, 0.2) is 24.3 Å². The van der Waals surface area contributed by atoms with Crippen LogP contribution in [0.2, 0.25) is 0 Å². The molecule has 0 bridgehead atoms. The van der Waals surface area contributed by atoms with Crippen LogP contribution < -0.4 is 10.1 Å². The van der Waals surface area contributed by atoms with Crippen LogP contribution in [0.5, 0.6) is 5.75 Å². The molecule has 0 radical (unpaired) electrons. The number of hydrogen-bond donors (Lipinski definition) is 2. The molecule has 5 heteroatoms. The summed E-state index contributed by atoms with van der Waals surface area (Å²) in [6.07, 6.45) is -0.837. The van der Waals surface area contributed by atoms with Gasteiger partial charge in [0, 0.05) is 0 Å². The molecule has 98 valence electrons. The summed E-state index contributed by atoms with van der Waals surface area (Å²) in [5.41, 5.74) is 0.289. The van der Waals surface area contributed by atoms with E-state index in [0.717, 1.165) is 11.3 Å². The standard InChI is InChI=1S/C13H18N2O3/c1-13(2)11(16)15(12(17)14-13)8-9-5-4-6-10(7-9)18-3/h4-7,11,16H,8H2,1-3H3,(H,14,17)/t11-/m0/s1. The first-order valence-corrected chi connectivity index (χ1v) is 5.84. The number of urea groups is 1. The molecule has 1 saturated heterocycles. The molecule has 18 heavy (non-hydrogen) atoms. The van der Waals surface area contributed by atoms with Crippen molar-refractivity contribution in [2.24, 2.45) is 0 Å². The third-order valence-corrected chi connectivity index (χ3v) is 3.12. The van der Waals surface area contributed by atoms with E-state index in [1.54, 1.807) is 21.0 Å². The Labute approximate surface area is 106 Å². The highest BCUT2D eigenvalue weighted by molar-refractivity contribution is 5.78. The lowest BCUT2D eigenvalue weighted by molar-refractivity contribution is 0.0107. The van der Waals surface area contributed by atoms with Crippen LogP contribution in [0.3, 0.4) is 0 Å². The number of hydrogen-bond acceptors (Lipinski definition) is 3. The average molecular weight is 250 g/mol. The van der Waals surface area contributed by atoms with E-state index in [1.807, 2.05) is 24.3 Å². The van der Waals surface area contributed by atoms with E-state index in [0.29, 0.717) is 6.54 Å². The molecule has 2 amide bonds. The van der Waals surface area contributed by atoms with E-state index in [2.05, 4.69) is 5.32 Å². The predicted molar refractivity (Wildman–Crippen MR) is 67.2 cm³/mol. The second-order valence-electron chi connectivity index (χ2n) is 5.00. The van der Waals surface area contributed by atoms with Gasteiger partial charge in [-0.3, -0.25) is 4.90 Å².